The zero-order chi connectivity index (χ0) is 12.1. The number of aromatic nitrogens is 1. The Hall–Kier alpha value is -1.09. The second kappa shape index (κ2) is 6.01. The summed E-state index contributed by atoms with van der Waals surface area (Å²) in [5.74, 6) is 1.03. The maximum atomic E-state index is 10.4. The van der Waals surface area contributed by atoms with E-state index in [1.54, 1.807) is 13.3 Å². The van der Waals surface area contributed by atoms with Crippen LogP contribution in [0.5, 0.6) is 5.75 Å². The first-order valence-electron chi connectivity index (χ1n) is 6.50. The number of pyridine rings is 1. The largest absolute Gasteiger partial charge is 0.495 e. The Balaban J connectivity index is 2.14. The smallest absolute Gasteiger partial charge is 0.143 e. The summed E-state index contributed by atoms with van der Waals surface area (Å²) in [4.78, 5) is 4.28. The van der Waals surface area contributed by atoms with E-state index in [4.69, 9.17) is 4.74 Å². The minimum atomic E-state index is -0.482. The van der Waals surface area contributed by atoms with E-state index in [9.17, 15) is 5.11 Å². The number of hydrogen-bond donors (Lipinski definition) is 1. The van der Waals surface area contributed by atoms with Crippen molar-refractivity contribution in [3.63, 3.8) is 0 Å². The van der Waals surface area contributed by atoms with Gasteiger partial charge in [-0.15, -0.1) is 0 Å². The third-order valence-electron chi connectivity index (χ3n) is 3.65. The summed E-state index contributed by atoms with van der Waals surface area (Å²) in [5, 5.41) is 10.4. The molecule has 0 radical (unpaired) electrons. The zero-order valence-electron chi connectivity index (χ0n) is 10.4. The fourth-order valence-corrected chi connectivity index (χ4v) is 2.65. The van der Waals surface area contributed by atoms with Gasteiger partial charge < -0.3 is 9.84 Å². The van der Waals surface area contributed by atoms with Gasteiger partial charge in [-0.3, -0.25) is 4.98 Å². The second-order valence-electron chi connectivity index (χ2n) is 4.79. The Morgan fingerprint density at radius 1 is 1.29 bits per heavy atom. The van der Waals surface area contributed by atoms with Gasteiger partial charge in [0.1, 0.15) is 17.5 Å². The lowest BCUT2D eigenvalue weighted by Gasteiger charge is -2.22. The zero-order valence-corrected chi connectivity index (χ0v) is 10.4. The molecule has 0 amide bonds. The predicted molar refractivity (Wildman–Crippen MR) is 66.9 cm³/mol. The molecule has 1 aliphatic rings. The van der Waals surface area contributed by atoms with Crippen LogP contribution in [0.3, 0.4) is 0 Å². The molecular weight excluding hydrogens is 214 g/mol. The number of methoxy groups -OCH3 is 1. The average Bonchev–Trinajstić information content (AvgIpc) is 2.66. The molecule has 1 atom stereocenters. The third-order valence-corrected chi connectivity index (χ3v) is 3.65. The van der Waals surface area contributed by atoms with Crippen molar-refractivity contribution in [3.8, 4) is 5.75 Å². The highest BCUT2D eigenvalue weighted by Gasteiger charge is 2.25. The predicted octanol–water partition coefficient (Wildman–Crippen LogP) is 3.09. The van der Waals surface area contributed by atoms with Gasteiger partial charge in [0.15, 0.2) is 0 Å². The first-order chi connectivity index (χ1) is 8.33. The van der Waals surface area contributed by atoms with Gasteiger partial charge in [-0.05, 0) is 30.9 Å². The molecule has 2 rings (SSSR count). The summed E-state index contributed by atoms with van der Waals surface area (Å²) in [6, 6.07) is 3.70. The summed E-state index contributed by atoms with van der Waals surface area (Å²) in [5.41, 5.74) is 0.696. The van der Waals surface area contributed by atoms with Gasteiger partial charge in [-0.1, -0.05) is 25.7 Å². The third kappa shape index (κ3) is 2.97. The van der Waals surface area contributed by atoms with E-state index in [0.717, 1.165) is 12.8 Å². The van der Waals surface area contributed by atoms with Crippen LogP contribution in [0, 0.1) is 5.92 Å². The number of aliphatic hydroxyl groups excluding tert-OH is 1. The van der Waals surface area contributed by atoms with Gasteiger partial charge in [0, 0.05) is 6.20 Å². The Bertz CT molecular complexity index is 346. The van der Waals surface area contributed by atoms with Crippen molar-refractivity contribution >= 4 is 0 Å². The highest BCUT2D eigenvalue weighted by molar-refractivity contribution is 5.28. The maximum Gasteiger partial charge on any atom is 0.143 e. The molecule has 94 valence electrons. The van der Waals surface area contributed by atoms with Crippen molar-refractivity contribution in [3.05, 3.63) is 24.0 Å². The molecule has 1 unspecified atom stereocenters. The van der Waals surface area contributed by atoms with Gasteiger partial charge in [0.2, 0.25) is 0 Å². The average molecular weight is 235 g/mol. The van der Waals surface area contributed by atoms with E-state index >= 15 is 0 Å². The first kappa shape index (κ1) is 12.4. The number of nitrogens with zero attached hydrogens (tertiary/aromatic N) is 1. The molecule has 0 saturated heterocycles. The van der Waals surface area contributed by atoms with Crippen LogP contribution in [0.15, 0.2) is 18.3 Å². The Kier molecular flexibility index (Phi) is 4.37. The maximum absolute atomic E-state index is 10.4. The monoisotopic (exact) mass is 235 g/mol. The van der Waals surface area contributed by atoms with Crippen molar-refractivity contribution < 1.29 is 9.84 Å². The highest BCUT2D eigenvalue weighted by Crippen LogP contribution is 2.35. The van der Waals surface area contributed by atoms with Crippen molar-refractivity contribution in [2.45, 2.75) is 44.6 Å². The summed E-state index contributed by atoms with van der Waals surface area (Å²) in [6.45, 7) is 0. The van der Waals surface area contributed by atoms with Gasteiger partial charge in [0.05, 0.1) is 7.11 Å². The fraction of sp³-hybridized carbons (Fsp3) is 0.643. The normalized spacial score (nSPS) is 19.6. The van der Waals surface area contributed by atoms with Crippen LogP contribution >= 0.6 is 0 Å². The van der Waals surface area contributed by atoms with E-state index in [1.165, 1.54) is 25.7 Å². The first-order valence-corrected chi connectivity index (χ1v) is 6.50. The molecule has 1 heterocycles. The van der Waals surface area contributed by atoms with Crippen LogP contribution in [0.2, 0.25) is 0 Å². The van der Waals surface area contributed by atoms with Crippen molar-refractivity contribution in [2.24, 2.45) is 5.92 Å². The van der Waals surface area contributed by atoms with Gasteiger partial charge in [0.25, 0.3) is 0 Å². The van der Waals surface area contributed by atoms with Crippen LogP contribution in [-0.4, -0.2) is 17.2 Å². The molecule has 1 aromatic heterocycles. The van der Waals surface area contributed by atoms with Gasteiger partial charge in [-0.25, -0.2) is 0 Å². The molecule has 0 aromatic carbocycles. The van der Waals surface area contributed by atoms with Crippen LogP contribution in [0.1, 0.15) is 50.3 Å². The lowest BCUT2D eigenvalue weighted by Crippen LogP contribution is -2.14. The molecule has 3 heteroatoms. The lowest BCUT2D eigenvalue weighted by atomic mass is 9.91. The number of aliphatic hydroxyl groups is 1. The van der Waals surface area contributed by atoms with E-state index in [2.05, 4.69) is 4.98 Å². The van der Waals surface area contributed by atoms with Crippen LogP contribution in [0.25, 0.3) is 0 Å². The molecule has 3 nitrogen and oxygen atoms in total. The summed E-state index contributed by atoms with van der Waals surface area (Å²) < 4.78 is 5.27. The number of hydrogen-bond acceptors (Lipinski definition) is 3. The fourth-order valence-electron chi connectivity index (χ4n) is 2.65. The van der Waals surface area contributed by atoms with E-state index in [1.807, 2.05) is 12.1 Å². The standard InChI is InChI=1S/C14H21NO2/c1-17-12-9-6-10-15-13(12)14(16)11-7-4-2-3-5-8-11/h6,9-11,14,16H,2-5,7-8H2,1H3. The van der Waals surface area contributed by atoms with Crippen LogP contribution in [-0.2, 0) is 0 Å². The molecule has 1 aliphatic carbocycles. The van der Waals surface area contributed by atoms with Crippen molar-refractivity contribution in [2.75, 3.05) is 7.11 Å². The lowest BCUT2D eigenvalue weighted by molar-refractivity contribution is 0.0919. The molecule has 1 fully saturated rings. The van der Waals surface area contributed by atoms with E-state index in [-0.39, 0.29) is 0 Å². The summed E-state index contributed by atoms with van der Waals surface area (Å²) >= 11 is 0. The Morgan fingerprint density at radius 2 is 2.00 bits per heavy atom. The molecule has 1 N–H and O–H groups in total. The second-order valence-corrected chi connectivity index (χ2v) is 4.79. The Labute approximate surface area is 103 Å². The highest BCUT2D eigenvalue weighted by atomic mass is 16.5. The number of ether oxygens (including phenoxy) is 1. The minimum absolute atomic E-state index is 0.335. The minimum Gasteiger partial charge on any atom is -0.495 e. The number of rotatable bonds is 3. The Morgan fingerprint density at radius 3 is 2.65 bits per heavy atom. The van der Waals surface area contributed by atoms with Crippen molar-refractivity contribution in [1.82, 2.24) is 4.98 Å². The summed E-state index contributed by atoms with van der Waals surface area (Å²) in [6.07, 6.45) is 8.46. The quantitative estimate of drug-likeness (QED) is 0.819. The summed E-state index contributed by atoms with van der Waals surface area (Å²) in [7, 11) is 1.63. The molecule has 0 bridgehead atoms. The van der Waals surface area contributed by atoms with E-state index in [0.29, 0.717) is 17.4 Å². The molecule has 0 spiro atoms. The SMILES string of the molecule is COc1cccnc1C(O)C1CCCCCC1. The van der Waals surface area contributed by atoms with Gasteiger partial charge >= 0.3 is 0 Å². The van der Waals surface area contributed by atoms with Crippen LogP contribution in [0.4, 0.5) is 0 Å². The van der Waals surface area contributed by atoms with Crippen LogP contribution < -0.4 is 4.74 Å². The molecule has 1 aromatic rings. The van der Waals surface area contributed by atoms with E-state index < -0.39 is 6.10 Å². The molecule has 1 saturated carbocycles. The molecule has 17 heavy (non-hydrogen) atoms. The molecule has 0 aliphatic heterocycles. The van der Waals surface area contributed by atoms with Gasteiger partial charge in [-0.2, -0.15) is 0 Å². The molecular formula is C14H21NO2. The van der Waals surface area contributed by atoms with Crippen molar-refractivity contribution in [1.29, 1.82) is 0 Å². The topological polar surface area (TPSA) is 42.4 Å².